The van der Waals surface area contributed by atoms with Crippen molar-refractivity contribution in [2.45, 2.75) is 96.7 Å². The molecule has 2 aliphatic heterocycles. The van der Waals surface area contributed by atoms with Crippen LogP contribution in [-0.2, 0) is 0 Å². The summed E-state index contributed by atoms with van der Waals surface area (Å²) >= 11 is 0. The van der Waals surface area contributed by atoms with Gasteiger partial charge in [0.15, 0.2) is 0 Å². The first-order valence-electron chi connectivity index (χ1n) is 12.6. The minimum Gasteiger partial charge on any atom is -0.393 e. The van der Waals surface area contributed by atoms with Crippen molar-refractivity contribution in [1.29, 1.82) is 0 Å². The van der Waals surface area contributed by atoms with Crippen LogP contribution in [0.2, 0.25) is 0 Å². The lowest BCUT2D eigenvalue weighted by atomic mass is 9.51. The number of allylic oxidation sites excluding steroid dienone is 1. The lowest BCUT2D eigenvalue weighted by Crippen LogP contribution is -2.48. The third-order valence-corrected chi connectivity index (χ3v) is 11.0. The van der Waals surface area contributed by atoms with Gasteiger partial charge in [-0.3, -0.25) is 4.90 Å². The largest absolute Gasteiger partial charge is 0.393 e. The zero-order valence-corrected chi connectivity index (χ0v) is 18.3. The second-order valence-corrected chi connectivity index (χ2v) is 12.2. The topological polar surface area (TPSA) is 23.5 Å². The molecule has 1 N–H and O–H groups in total. The molecule has 0 spiro atoms. The van der Waals surface area contributed by atoms with Gasteiger partial charge in [-0.05, 0) is 105 Å². The first kappa shape index (κ1) is 18.4. The lowest BCUT2D eigenvalue weighted by molar-refractivity contribution is -0.0295. The SMILES string of the molecule is CC1CCC2C(C)C3C(CC4C5CC=C6CC(O)CCC6C5CCC43C)N2C1. The Labute approximate surface area is 172 Å². The summed E-state index contributed by atoms with van der Waals surface area (Å²) in [6.45, 7) is 9.21. The van der Waals surface area contributed by atoms with Crippen molar-refractivity contribution in [3.8, 4) is 0 Å². The Bertz CT molecular complexity index is 671. The summed E-state index contributed by atoms with van der Waals surface area (Å²) in [5.41, 5.74) is 2.23. The maximum atomic E-state index is 10.2. The molecule has 0 aromatic carbocycles. The second-order valence-electron chi connectivity index (χ2n) is 12.2. The number of rotatable bonds is 0. The average molecular weight is 384 g/mol. The fourth-order valence-electron chi connectivity index (χ4n) is 9.99. The van der Waals surface area contributed by atoms with Gasteiger partial charge in [-0.15, -0.1) is 0 Å². The molecule has 0 amide bonds. The molecule has 0 radical (unpaired) electrons. The van der Waals surface area contributed by atoms with E-state index in [-0.39, 0.29) is 6.10 Å². The van der Waals surface area contributed by atoms with Crippen molar-refractivity contribution in [2.75, 3.05) is 6.54 Å². The van der Waals surface area contributed by atoms with E-state index in [1.165, 1.54) is 51.5 Å². The molecule has 0 aromatic rings. The zero-order valence-electron chi connectivity index (χ0n) is 18.3. The summed E-state index contributed by atoms with van der Waals surface area (Å²) in [4.78, 5) is 3.02. The molecule has 3 saturated carbocycles. The normalized spacial score (nSPS) is 58.2. The third kappa shape index (κ3) is 2.40. The molecule has 2 heterocycles. The molecule has 6 aliphatic rings. The number of hydrogen-bond donors (Lipinski definition) is 1. The van der Waals surface area contributed by atoms with Crippen LogP contribution in [0, 0.1) is 46.8 Å². The molecular weight excluding hydrogens is 342 g/mol. The highest BCUT2D eigenvalue weighted by molar-refractivity contribution is 5.22. The van der Waals surface area contributed by atoms with Crippen LogP contribution >= 0.6 is 0 Å². The number of nitrogens with zero attached hydrogens (tertiary/aromatic N) is 1. The molecule has 2 nitrogen and oxygen atoms in total. The zero-order chi connectivity index (χ0) is 19.2. The van der Waals surface area contributed by atoms with Crippen molar-refractivity contribution in [3.63, 3.8) is 0 Å². The fourth-order valence-corrected chi connectivity index (χ4v) is 9.99. The summed E-state index contributed by atoms with van der Waals surface area (Å²) in [5, 5.41) is 10.2. The van der Waals surface area contributed by atoms with Crippen LogP contribution in [0.25, 0.3) is 0 Å². The van der Waals surface area contributed by atoms with Gasteiger partial charge in [0.1, 0.15) is 0 Å². The molecule has 2 heteroatoms. The van der Waals surface area contributed by atoms with Crippen molar-refractivity contribution in [1.82, 2.24) is 4.90 Å². The van der Waals surface area contributed by atoms with Crippen LogP contribution in [0.15, 0.2) is 11.6 Å². The molecule has 4 aliphatic carbocycles. The Kier molecular flexibility index (Phi) is 4.17. The Hall–Kier alpha value is -0.340. The Morgan fingerprint density at radius 3 is 2.75 bits per heavy atom. The van der Waals surface area contributed by atoms with Crippen molar-refractivity contribution >= 4 is 0 Å². The van der Waals surface area contributed by atoms with Crippen molar-refractivity contribution in [2.24, 2.45) is 46.8 Å². The quantitative estimate of drug-likeness (QED) is 0.576. The average Bonchev–Trinajstić information content (AvgIpc) is 3.14. The number of fused-ring (bicyclic) bond motifs is 9. The van der Waals surface area contributed by atoms with Gasteiger partial charge in [0.2, 0.25) is 0 Å². The highest BCUT2D eigenvalue weighted by Crippen LogP contribution is 2.68. The Balaban J connectivity index is 1.30. The highest BCUT2D eigenvalue weighted by atomic mass is 16.3. The van der Waals surface area contributed by atoms with E-state index < -0.39 is 0 Å². The number of aliphatic hydroxyl groups is 1. The number of aliphatic hydroxyl groups excluding tert-OH is 1. The first-order valence-corrected chi connectivity index (χ1v) is 12.6. The van der Waals surface area contributed by atoms with Gasteiger partial charge in [-0.25, -0.2) is 0 Å². The fraction of sp³-hybridized carbons (Fsp3) is 0.923. The van der Waals surface area contributed by atoms with Gasteiger partial charge in [-0.1, -0.05) is 32.4 Å². The summed E-state index contributed by atoms with van der Waals surface area (Å²) in [6, 6.07) is 1.77. The standard InChI is InChI=1S/C26H41NO/c1-15-4-9-23-16(2)25-24(27(23)14-15)13-22-21-7-5-17-12-18(28)6-8-19(17)20(21)10-11-26(22,25)3/h5,15-16,18-25,28H,4,6-14H2,1-3H3. The number of piperidine rings is 1. The van der Waals surface area contributed by atoms with Crippen molar-refractivity contribution < 1.29 is 5.11 Å². The molecule has 28 heavy (non-hydrogen) atoms. The molecule has 2 saturated heterocycles. The van der Waals surface area contributed by atoms with Gasteiger partial charge in [0.25, 0.3) is 0 Å². The summed E-state index contributed by atoms with van der Waals surface area (Å²) < 4.78 is 0. The van der Waals surface area contributed by atoms with E-state index in [4.69, 9.17) is 0 Å². The second kappa shape index (κ2) is 6.33. The van der Waals surface area contributed by atoms with Gasteiger partial charge in [-0.2, -0.15) is 0 Å². The van der Waals surface area contributed by atoms with Crippen LogP contribution < -0.4 is 0 Å². The maximum absolute atomic E-state index is 10.2. The summed E-state index contributed by atoms with van der Waals surface area (Å²) in [6.07, 6.45) is 14.5. The van der Waals surface area contributed by atoms with E-state index in [1.807, 2.05) is 0 Å². The van der Waals surface area contributed by atoms with Crippen LogP contribution in [0.5, 0.6) is 0 Å². The molecule has 0 bridgehead atoms. The van der Waals surface area contributed by atoms with E-state index in [9.17, 15) is 5.11 Å². The van der Waals surface area contributed by atoms with Crippen LogP contribution in [0.3, 0.4) is 0 Å². The van der Waals surface area contributed by atoms with Gasteiger partial charge in [0, 0.05) is 18.6 Å². The predicted octanol–water partition coefficient (Wildman–Crippen LogP) is 5.26. The molecule has 11 atom stereocenters. The maximum Gasteiger partial charge on any atom is 0.0577 e. The van der Waals surface area contributed by atoms with Crippen molar-refractivity contribution in [3.05, 3.63) is 11.6 Å². The lowest BCUT2D eigenvalue weighted by Gasteiger charge is -2.54. The van der Waals surface area contributed by atoms with Crippen LogP contribution in [-0.4, -0.2) is 34.7 Å². The molecular formula is C26H41NO. The van der Waals surface area contributed by atoms with E-state index in [0.29, 0.717) is 5.41 Å². The summed E-state index contributed by atoms with van der Waals surface area (Å²) in [5.74, 6) is 6.38. The molecule has 11 unspecified atom stereocenters. The van der Waals surface area contributed by atoms with E-state index >= 15 is 0 Å². The first-order chi connectivity index (χ1) is 13.5. The molecule has 0 aromatic heterocycles. The van der Waals surface area contributed by atoms with Gasteiger partial charge in [0.05, 0.1) is 6.10 Å². The molecule has 5 fully saturated rings. The smallest absolute Gasteiger partial charge is 0.0577 e. The van der Waals surface area contributed by atoms with Crippen LogP contribution in [0.4, 0.5) is 0 Å². The highest BCUT2D eigenvalue weighted by Gasteiger charge is 2.65. The van der Waals surface area contributed by atoms with E-state index in [1.54, 1.807) is 5.57 Å². The van der Waals surface area contributed by atoms with E-state index in [2.05, 4.69) is 31.7 Å². The number of hydrogen-bond acceptors (Lipinski definition) is 2. The third-order valence-electron chi connectivity index (χ3n) is 11.0. The molecule has 6 rings (SSSR count). The Morgan fingerprint density at radius 1 is 1.04 bits per heavy atom. The minimum atomic E-state index is -0.0578. The van der Waals surface area contributed by atoms with E-state index in [0.717, 1.165) is 66.4 Å². The monoisotopic (exact) mass is 383 g/mol. The van der Waals surface area contributed by atoms with Gasteiger partial charge >= 0.3 is 0 Å². The van der Waals surface area contributed by atoms with Crippen LogP contribution in [0.1, 0.15) is 78.6 Å². The molecule has 156 valence electrons. The summed E-state index contributed by atoms with van der Waals surface area (Å²) in [7, 11) is 0. The van der Waals surface area contributed by atoms with Gasteiger partial charge < -0.3 is 5.11 Å². The minimum absolute atomic E-state index is 0.0578. The Morgan fingerprint density at radius 2 is 1.89 bits per heavy atom. The predicted molar refractivity (Wildman–Crippen MR) is 114 cm³/mol.